The fourth-order valence-corrected chi connectivity index (χ4v) is 7.08. The number of para-hydroxylation sites is 1. The van der Waals surface area contributed by atoms with Crippen molar-refractivity contribution >= 4 is 42.7 Å². The van der Waals surface area contributed by atoms with Crippen LogP contribution < -0.4 is 44.3 Å². The minimum Gasteiger partial charge on any atom is -0.746 e. The molecule has 296 valence electrons. The van der Waals surface area contributed by atoms with Gasteiger partial charge in [0.2, 0.25) is 18.2 Å². The van der Waals surface area contributed by atoms with Crippen LogP contribution in [0.3, 0.4) is 0 Å². The van der Waals surface area contributed by atoms with Gasteiger partial charge in [0.15, 0.2) is 5.78 Å². The van der Waals surface area contributed by atoms with Crippen LogP contribution in [-0.2, 0) is 38.6 Å². The van der Waals surface area contributed by atoms with E-state index in [0.29, 0.717) is 31.6 Å². The summed E-state index contributed by atoms with van der Waals surface area (Å²) in [6.07, 6.45) is 7.32. The number of hydrazine groups is 1. The van der Waals surface area contributed by atoms with Crippen molar-refractivity contribution < 1.29 is 67.6 Å². The van der Waals surface area contributed by atoms with E-state index in [1.54, 1.807) is 34.2 Å². The van der Waals surface area contributed by atoms with E-state index in [4.69, 9.17) is 4.89 Å². The molecule has 2 aliphatic heterocycles. The Labute approximate surface area is 355 Å². The summed E-state index contributed by atoms with van der Waals surface area (Å²) in [5, 5.41) is 7.09. The number of Topliss-reactive ketones (excluding diaryl/α,β-unsaturated/α-hetero) is 1. The first-order valence-corrected chi connectivity index (χ1v) is 19.8. The second-order valence-electron chi connectivity index (χ2n) is 13.7. The zero-order chi connectivity index (χ0) is 40.4. The van der Waals surface area contributed by atoms with Crippen molar-refractivity contribution in [3.63, 3.8) is 0 Å². The van der Waals surface area contributed by atoms with Gasteiger partial charge in [-0.15, -0.1) is 13.2 Å². The number of hydrogen-bond donors (Lipinski definition) is 2. The monoisotopic (exact) mass is 806 g/mol. The number of phosphoric ester groups is 1. The molecule has 4 aromatic rings. The first-order valence-electron chi connectivity index (χ1n) is 18.3. The van der Waals surface area contributed by atoms with Gasteiger partial charge in [-0.25, -0.2) is 5.01 Å². The van der Waals surface area contributed by atoms with Crippen molar-refractivity contribution in [3.8, 4) is 5.75 Å². The van der Waals surface area contributed by atoms with Crippen LogP contribution in [0, 0.1) is 12.8 Å². The number of hydrogen-bond acceptors (Lipinski definition) is 9. The van der Waals surface area contributed by atoms with E-state index in [1.807, 2.05) is 61.1 Å². The zero-order valence-electron chi connectivity index (χ0n) is 32.7. The van der Waals surface area contributed by atoms with Gasteiger partial charge in [0, 0.05) is 49.2 Å². The van der Waals surface area contributed by atoms with Crippen LogP contribution in [0.2, 0.25) is 0 Å². The summed E-state index contributed by atoms with van der Waals surface area (Å²) in [5.74, 6) is 0.0253. The Bertz CT molecular complexity index is 2090. The van der Waals surface area contributed by atoms with Crippen molar-refractivity contribution in [2.75, 3.05) is 33.2 Å². The van der Waals surface area contributed by atoms with Crippen molar-refractivity contribution in [1.82, 2.24) is 29.7 Å². The predicted molar refractivity (Wildman–Crippen MR) is 211 cm³/mol. The summed E-state index contributed by atoms with van der Waals surface area (Å²) in [6, 6.07) is 22.5. The molecule has 3 aromatic carbocycles. The largest absolute Gasteiger partial charge is 1.00 e. The van der Waals surface area contributed by atoms with Gasteiger partial charge in [0.1, 0.15) is 18.5 Å². The third-order valence-electron chi connectivity index (χ3n) is 9.47. The first-order chi connectivity index (χ1) is 26.9. The molecule has 0 spiro atoms. The molecule has 57 heavy (non-hydrogen) atoms. The minimum absolute atomic E-state index is 0. The number of aromatic nitrogens is 1. The van der Waals surface area contributed by atoms with E-state index in [1.165, 1.54) is 27.6 Å². The first kappa shape index (κ1) is 45.3. The van der Waals surface area contributed by atoms with Gasteiger partial charge in [-0.2, -0.15) is 0 Å². The van der Waals surface area contributed by atoms with Crippen LogP contribution in [0.15, 0.2) is 104 Å². The zero-order valence-corrected chi connectivity index (χ0v) is 35.6. The molecule has 3 amide bonds. The van der Waals surface area contributed by atoms with Gasteiger partial charge in [-0.05, 0) is 50.1 Å². The average Bonchev–Trinajstić information content (AvgIpc) is 3.96. The summed E-state index contributed by atoms with van der Waals surface area (Å²) < 4.78 is 16.5. The minimum atomic E-state index is -4.65. The van der Waals surface area contributed by atoms with Gasteiger partial charge in [0.25, 0.3) is 0 Å². The molecule has 3 heterocycles. The van der Waals surface area contributed by atoms with Gasteiger partial charge < -0.3 is 34.0 Å². The number of phosphoric acid groups is 1. The molecule has 1 aromatic heterocycles. The molecule has 2 saturated heterocycles. The number of piperazine rings is 1. The molecule has 3 fully saturated rings. The summed E-state index contributed by atoms with van der Waals surface area (Å²) in [5.41, 5.74) is 4.85. The Kier molecular flexibility index (Phi) is 16.6. The van der Waals surface area contributed by atoms with Gasteiger partial charge in [0.05, 0.1) is 18.6 Å². The Morgan fingerprint density at radius 3 is 2.26 bits per heavy atom. The molecular formula is C41H48N6NaO8P. The Morgan fingerprint density at radius 2 is 1.67 bits per heavy atom. The van der Waals surface area contributed by atoms with E-state index >= 15 is 0 Å². The van der Waals surface area contributed by atoms with Crippen LogP contribution in [0.1, 0.15) is 39.9 Å². The third-order valence-corrected chi connectivity index (χ3v) is 9.91. The van der Waals surface area contributed by atoms with Crippen molar-refractivity contribution in [1.29, 1.82) is 0 Å². The van der Waals surface area contributed by atoms with E-state index in [-0.39, 0.29) is 78.5 Å². The maximum absolute atomic E-state index is 13.1. The van der Waals surface area contributed by atoms with Gasteiger partial charge in [-0.1, -0.05) is 78.4 Å². The number of amides is 3. The summed E-state index contributed by atoms with van der Waals surface area (Å²) in [6.45, 7) is 11.7. The molecule has 0 bridgehead atoms. The summed E-state index contributed by atoms with van der Waals surface area (Å²) >= 11 is 0. The van der Waals surface area contributed by atoms with Crippen LogP contribution in [0.5, 0.6) is 5.75 Å². The number of nitrogens with zero attached hydrogens (tertiary/aromatic N) is 5. The SMILES string of the molecule is C=CCN1CC(=O)N2CC(=O)N(Cc3cccc4c(C(=O)C5CC5)cn(CC=C)c34)CC2N1C=O.CNCc1ccccc1.Cc1ccc(OP(=O)([O-])O)cc1.[Na+]. The maximum atomic E-state index is 13.1. The smallest absolute Gasteiger partial charge is 0.746 e. The van der Waals surface area contributed by atoms with Gasteiger partial charge >= 0.3 is 37.4 Å². The van der Waals surface area contributed by atoms with E-state index in [0.717, 1.165) is 41.4 Å². The number of aryl methyl sites for hydroxylation is 1. The molecule has 1 aliphatic carbocycles. The number of ketones is 1. The standard InChI is InChI=1S/C26H29N5O4.C8H11N.C7H9O4P.Na/c1-3-10-27-13-21(26(35)18-8-9-18)20-7-5-6-19(25(20)27)12-28-14-22-30(16-23(28)33)24(34)15-29(11-4-2)31(22)17-32;1-9-7-8-5-3-2-4-6-8;1-6-2-4-7(5-3-6)11-12(8,9)10;/h3-7,13,17-18,22H,1-2,8-12,14-16H2;2-6,9H,7H2,1H3;2-5H,1H3,(H2,8,9,10);/q;;;+1/p-1. The molecule has 2 N–H and O–H groups in total. The third kappa shape index (κ3) is 12.1. The molecule has 3 aliphatic rings. The second-order valence-corrected chi connectivity index (χ2v) is 14.8. The predicted octanol–water partition coefficient (Wildman–Crippen LogP) is 1.04. The molecule has 2 unspecified atom stereocenters. The molecular weight excluding hydrogens is 758 g/mol. The fourth-order valence-electron chi connectivity index (χ4n) is 6.69. The Morgan fingerprint density at radius 1 is 0.982 bits per heavy atom. The second kappa shape index (κ2) is 20.9. The summed E-state index contributed by atoms with van der Waals surface area (Å²) in [4.78, 5) is 72.4. The number of rotatable bonds is 13. The van der Waals surface area contributed by atoms with Gasteiger partial charge in [-0.3, -0.25) is 28.8 Å². The fraction of sp³-hybridized carbons (Fsp3) is 0.317. The molecule has 14 nitrogen and oxygen atoms in total. The Hall–Kier alpha value is -4.37. The molecule has 2 atom stereocenters. The van der Waals surface area contributed by atoms with E-state index in [9.17, 15) is 28.6 Å². The van der Waals surface area contributed by atoms with Crippen LogP contribution in [0.4, 0.5) is 0 Å². The van der Waals surface area contributed by atoms with Crippen molar-refractivity contribution in [2.45, 2.75) is 45.6 Å². The number of benzene rings is 3. The van der Waals surface area contributed by atoms with Crippen molar-refractivity contribution in [2.24, 2.45) is 5.92 Å². The van der Waals surface area contributed by atoms with Crippen LogP contribution in [-0.4, -0.2) is 92.7 Å². The summed E-state index contributed by atoms with van der Waals surface area (Å²) in [7, 11) is -2.70. The van der Waals surface area contributed by atoms with Crippen LogP contribution in [0.25, 0.3) is 10.9 Å². The number of fused-ring (bicyclic) bond motifs is 2. The molecule has 0 radical (unpaired) electrons. The average molecular weight is 807 g/mol. The quantitative estimate of drug-likeness (QED) is 0.0656. The Balaban J connectivity index is 0.000000267. The van der Waals surface area contributed by atoms with Crippen molar-refractivity contribution in [3.05, 3.63) is 127 Å². The molecule has 1 saturated carbocycles. The molecule has 16 heteroatoms. The van der Waals surface area contributed by atoms with E-state index < -0.39 is 14.0 Å². The number of allylic oxidation sites excluding steroid dienone is 1. The maximum Gasteiger partial charge on any atom is 1.00 e. The van der Waals surface area contributed by atoms with E-state index in [2.05, 4.69) is 35.1 Å². The normalized spacial score (nSPS) is 17.5. The number of carbonyl (C=O) groups is 4. The van der Waals surface area contributed by atoms with Crippen LogP contribution >= 0.6 is 7.82 Å². The topological polar surface area (TPSA) is 168 Å². The number of nitrogens with one attached hydrogen (secondary N) is 1. The number of carbonyl (C=O) groups excluding carboxylic acids is 4. The molecule has 7 rings (SSSR count).